The van der Waals surface area contributed by atoms with Crippen molar-refractivity contribution >= 4 is 27.5 Å². The summed E-state index contributed by atoms with van der Waals surface area (Å²) in [6.45, 7) is 0. The molecule has 4 nitrogen and oxygen atoms in total. The fourth-order valence-corrected chi connectivity index (χ4v) is 2.14. The number of hydrogen-bond acceptors (Lipinski definition) is 3. The zero-order valence-electron chi connectivity index (χ0n) is 11.0. The van der Waals surface area contributed by atoms with Crippen molar-refractivity contribution in [2.75, 3.05) is 5.32 Å². The number of amides is 1. The van der Waals surface area contributed by atoms with E-state index < -0.39 is 17.8 Å². The monoisotopic (exact) mass is 352 g/mol. The normalized spacial score (nSPS) is 12.0. The Labute approximate surface area is 129 Å². The van der Waals surface area contributed by atoms with Crippen molar-refractivity contribution in [2.24, 2.45) is 5.73 Å². The standard InChI is InChI=1S/C15H14BrFN2O2/c16-12-6-3-10(17)8-14(12)19-15(21)13(18)7-9-1-4-11(20)5-2-9/h1-6,8,13,20H,7,18H2,(H,19,21)/t13-/m0/s1. The SMILES string of the molecule is N[C@@H](Cc1ccc(O)cc1)C(=O)Nc1cc(F)ccc1Br. The molecule has 0 spiro atoms. The molecule has 0 saturated heterocycles. The topological polar surface area (TPSA) is 75.3 Å². The van der Waals surface area contributed by atoms with Gasteiger partial charge in [0.25, 0.3) is 0 Å². The van der Waals surface area contributed by atoms with Crippen LogP contribution in [-0.2, 0) is 11.2 Å². The van der Waals surface area contributed by atoms with Gasteiger partial charge in [-0.2, -0.15) is 0 Å². The molecular formula is C15H14BrFN2O2. The summed E-state index contributed by atoms with van der Waals surface area (Å²) >= 11 is 3.23. The number of carbonyl (C=O) groups is 1. The molecule has 4 N–H and O–H groups in total. The number of phenolic OH excluding ortho intramolecular Hbond substituents is 1. The lowest BCUT2D eigenvalue weighted by Crippen LogP contribution is -2.37. The summed E-state index contributed by atoms with van der Waals surface area (Å²) in [4.78, 5) is 12.0. The summed E-state index contributed by atoms with van der Waals surface area (Å²) in [6.07, 6.45) is 0.319. The van der Waals surface area contributed by atoms with Crippen LogP contribution in [0.4, 0.5) is 10.1 Å². The van der Waals surface area contributed by atoms with E-state index in [0.29, 0.717) is 16.6 Å². The van der Waals surface area contributed by atoms with Gasteiger partial charge in [0.1, 0.15) is 11.6 Å². The van der Waals surface area contributed by atoms with Crippen LogP contribution < -0.4 is 11.1 Å². The lowest BCUT2D eigenvalue weighted by Gasteiger charge is -2.13. The average Bonchev–Trinajstić information content (AvgIpc) is 2.45. The number of carbonyl (C=O) groups excluding carboxylic acids is 1. The van der Waals surface area contributed by atoms with E-state index in [9.17, 15) is 14.3 Å². The molecule has 0 fully saturated rings. The highest BCUT2D eigenvalue weighted by Crippen LogP contribution is 2.23. The largest absolute Gasteiger partial charge is 0.508 e. The van der Waals surface area contributed by atoms with Crippen molar-refractivity contribution < 1.29 is 14.3 Å². The van der Waals surface area contributed by atoms with E-state index in [4.69, 9.17) is 5.73 Å². The van der Waals surface area contributed by atoms with Gasteiger partial charge < -0.3 is 16.2 Å². The molecule has 110 valence electrons. The summed E-state index contributed by atoms with van der Waals surface area (Å²) in [6, 6.07) is 9.69. The molecule has 1 amide bonds. The van der Waals surface area contributed by atoms with E-state index in [1.807, 2.05) is 0 Å². The Morgan fingerprint density at radius 2 is 1.95 bits per heavy atom. The number of benzene rings is 2. The molecule has 2 aromatic carbocycles. The Hall–Kier alpha value is -1.92. The summed E-state index contributed by atoms with van der Waals surface area (Å²) in [7, 11) is 0. The van der Waals surface area contributed by atoms with Gasteiger partial charge in [0, 0.05) is 4.47 Å². The fourth-order valence-electron chi connectivity index (χ4n) is 1.80. The number of aromatic hydroxyl groups is 1. The number of nitrogens with two attached hydrogens (primary N) is 1. The molecule has 2 rings (SSSR count). The van der Waals surface area contributed by atoms with E-state index >= 15 is 0 Å². The molecule has 21 heavy (non-hydrogen) atoms. The highest BCUT2D eigenvalue weighted by atomic mass is 79.9. The fraction of sp³-hybridized carbons (Fsp3) is 0.133. The van der Waals surface area contributed by atoms with Gasteiger partial charge in [-0.1, -0.05) is 12.1 Å². The third kappa shape index (κ3) is 4.27. The molecule has 0 aliphatic rings. The Kier molecular flexibility index (Phi) is 4.93. The maximum absolute atomic E-state index is 13.2. The van der Waals surface area contributed by atoms with Crippen molar-refractivity contribution in [1.29, 1.82) is 0 Å². The summed E-state index contributed by atoms with van der Waals surface area (Å²) in [5.41, 5.74) is 7.00. The van der Waals surface area contributed by atoms with Crippen molar-refractivity contribution in [3.05, 3.63) is 58.3 Å². The molecule has 0 heterocycles. The van der Waals surface area contributed by atoms with Crippen molar-refractivity contribution in [3.8, 4) is 5.75 Å². The van der Waals surface area contributed by atoms with Gasteiger partial charge in [-0.3, -0.25) is 4.79 Å². The zero-order valence-corrected chi connectivity index (χ0v) is 12.6. The van der Waals surface area contributed by atoms with E-state index in [1.54, 1.807) is 12.1 Å². The quantitative estimate of drug-likeness (QED) is 0.791. The van der Waals surface area contributed by atoms with E-state index in [0.717, 1.165) is 5.56 Å². The first-order chi connectivity index (χ1) is 9.95. The predicted molar refractivity (Wildman–Crippen MR) is 82.5 cm³/mol. The van der Waals surface area contributed by atoms with Crippen LogP contribution in [0.15, 0.2) is 46.9 Å². The number of nitrogens with one attached hydrogen (secondary N) is 1. The minimum absolute atomic E-state index is 0.153. The van der Waals surface area contributed by atoms with Crippen LogP contribution >= 0.6 is 15.9 Å². The first kappa shape index (κ1) is 15.5. The number of phenols is 1. The number of rotatable bonds is 4. The Balaban J connectivity index is 2.02. The molecule has 2 aromatic rings. The van der Waals surface area contributed by atoms with Crippen LogP contribution in [0.25, 0.3) is 0 Å². The lowest BCUT2D eigenvalue weighted by molar-refractivity contribution is -0.117. The second-order valence-corrected chi connectivity index (χ2v) is 5.44. The van der Waals surface area contributed by atoms with E-state index in [1.165, 1.54) is 30.3 Å². The van der Waals surface area contributed by atoms with Crippen LogP contribution in [0.5, 0.6) is 5.75 Å². The highest BCUT2D eigenvalue weighted by Gasteiger charge is 2.15. The Morgan fingerprint density at radius 3 is 2.62 bits per heavy atom. The Morgan fingerprint density at radius 1 is 1.29 bits per heavy atom. The minimum Gasteiger partial charge on any atom is -0.508 e. The summed E-state index contributed by atoms with van der Waals surface area (Å²) in [5.74, 6) is -0.699. The molecule has 0 saturated carbocycles. The van der Waals surface area contributed by atoms with Gasteiger partial charge in [-0.05, 0) is 58.2 Å². The minimum atomic E-state index is -0.773. The summed E-state index contributed by atoms with van der Waals surface area (Å²) < 4.78 is 13.7. The van der Waals surface area contributed by atoms with Crippen LogP contribution in [0, 0.1) is 5.82 Å². The first-order valence-electron chi connectivity index (χ1n) is 6.25. The number of anilines is 1. The molecule has 0 bridgehead atoms. The second kappa shape index (κ2) is 6.69. The number of hydrogen-bond donors (Lipinski definition) is 3. The van der Waals surface area contributed by atoms with Crippen LogP contribution in [0.3, 0.4) is 0 Å². The Bertz CT molecular complexity index is 647. The van der Waals surface area contributed by atoms with Crippen LogP contribution in [0.1, 0.15) is 5.56 Å². The summed E-state index contributed by atoms with van der Waals surface area (Å²) in [5, 5.41) is 11.8. The first-order valence-corrected chi connectivity index (χ1v) is 7.04. The van der Waals surface area contributed by atoms with Crippen molar-refractivity contribution in [1.82, 2.24) is 0 Å². The van der Waals surface area contributed by atoms with Crippen molar-refractivity contribution in [2.45, 2.75) is 12.5 Å². The maximum Gasteiger partial charge on any atom is 0.241 e. The third-order valence-corrected chi connectivity index (χ3v) is 3.61. The average molecular weight is 353 g/mol. The van der Waals surface area contributed by atoms with Gasteiger partial charge in [0.2, 0.25) is 5.91 Å². The van der Waals surface area contributed by atoms with Gasteiger partial charge in [0.05, 0.1) is 11.7 Å². The second-order valence-electron chi connectivity index (χ2n) is 4.59. The van der Waals surface area contributed by atoms with Gasteiger partial charge in [-0.15, -0.1) is 0 Å². The van der Waals surface area contributed by atoms with Gasteiger partial charge in [0.15, 0.2) is 0 Å². The molecule has 6 heteroatoms. The smallest absolute Gasteiger partial charge is 0.241 e. The number of halogens is 2. The van der Waals surface area contributed by atoms with E-state index in [2.05, 4.69) is 21.2 Å². The van der Waals surface area contributed by atoms with Crippen molar-refractivity contribution in [3.63, 3.8) is 0 Å². The van der Waals surface area contributed by atoms with Gasteiger partial charge >= 0.3 is 0 Å². The van der Waals surface area contributed by atoms with Crippen LogP contribution in [-0.4, -0.2) is 17.1 Å². The molecule has 0 unspecified atom stereocenters. The molecular weight excluding hydrogens is 339 g/mol. The molecule has 0 aliphatic carbocycles. The van der Waals surface area contributed by atoms with Gasteiger partial charge in [-0.25, -0.2) is 4.39 Å². The van der Waals surface area contributed by atoms with E-state index in [-0.39, 0.29) is 5.75 Å². The lowest BCUT2D eigenvalue weighted by atomic mass is 10.1. The van der Waals surface area contributed by atoms with Crippen LogP contribution in [0.2, 0.25) is 0 Å². The molecule has 0 aliphatic heterocycles. The molecule has 0 aromatic heterocycles. The molecule has 0 radical (unpaired) electrons. The maximum atomic E-state index is 13.2. The third-order valence-electron chi connectivity index (χ3n) is 2.92. The zero-order chi connectivity index (χ0) is 15.4. The predicted octanol–water partition coefficient (Wildman–Crippen LogP) is 2.80. The highest BCUT2D eigenvalue weighted by molar-refractivity contribution is 9.10. The molecule has 1 atom stereocenters.